The minimum atomic E-state index is -0.966. The molecule has 1 aromatic heterocycles. The van der Waals surface area contributed by atoms with E-state index in [0.717, 1.165) is 16.9 Å². The highest BCUT2D eigenvalue weighted by Gasteiger charge is 2.15. The number of ketones is 1. The largest absolute Gasteiger partial charge is 0.485 e. The van der Waals surface area contributed by atoms with Crippen LogP contribution in [-0.2, 0) is 11.2 Å². The smallest absolute Gasteiger partial charge is 0.309 e. The van der Waals surface area contributed by atoms with Crippen LogP contribution in [0.2, 0.25) is 0 Å². The summed E-state index contributed by atoms with van der Waals surface area (Å²) in [5.41, 5.74) is 1.43. The number of nitrogens with zero attached hydrogens (tertiary/aromatic N) is 1. The molecule has 0 aliphatic rings. The molecule has 0 saturated carbocycles. The maximum absolute atomic E-state index is 12.1. The average Bonchev–Trinajstić information content (AvgIpc) is 2.92. The zero-order valence-corrected chi connectivity index (χ0v) is 13.2. The first-order valence-electron chi connectivity index (χ1n) is 6.88. The Bertz CT molecular complexity index is 678. The first-order valence-corrected chi connectivity index (χ1v) is 7.76. The number of rotatable bonds is 7. The number of hydrogen-bond acceptors (Lipinski definition) is 5. The van der Waals surface area contributed by atoms with Crippen LogP contribution in [0.5, 0.6) is 5.75 Å². The highest BCUT2D eigenvalue weighted by atomic mass is 32.1. The van der Waals surface area contributed by atoms with E-state index in [1.165, 1.54) is 0 Å². The van der Waals surface area contributed by atoms with Crippen molar-refractivity contribution in [2.45, 2.75) is 26.2 Å². The fraction of sp³-hybridized carbons (Fsp3) is 0.312. The molecular formula is C16H17NO4S. The molecule has 1 heterocycles. The van der Waals surface area contributed by atoms with E-state index in [0.29, 0.717) is 17.4 Å². The van der Waals surface area contributed by atoms with Crippen LogP contribution in [0.4, 0.5) is 0 Å². The van der Waals surface area contributed by atoms with E-state index in [1.807, 2.05) is 24.3 Å². The highest BCUT2D eigenvalue weighted by Crippen LogP contribution is 2.26. The van der Waals surface area contributed by atoms with Crippen LogP contribution in [0.1, 0.15) is 40.8 Å². The number of carboxylic acid groups (broad SMARTS) is 1. The van der Waals surface area contributed by atoms with E-state index >= 15 is 0 Å². The summed E-state index contributed by atoms with van der Waals surface area (Å²) in [7, 11) is 0. The van der Waals surface area contributed by atoms with Crippen molar-refractivity contribution >= 4 is 23.1 Å². The number of para-hydroxylation sites is 1. The number of thiazole rings is 1. The number of benzene rings is 1. The summed E-state index contributed by atoms with van der Waals surface area (Å²) in [5, 5.41) is 10.6. The molecule has 0 saturated heterocycles. The molecule has 0 amide bonds. The maximum Gasteiger partial charge on any atom is 0.309 e. The first-order chi connectivity index (χ1) is 10.5. The zero-order valence-electron chi connectivity index (χ0n) is 12.4. The maximum atomic E-state index is 12.1. The second kappa shape index (κ2) is 7.17. The van der Waals surface area contributed by atoms with Crippen LogP contribution in [0.15, 0.2) is 29.6 Å². The molecule has 5 nitrogen and oxygen atoms in total. The predicted octanol–water partition coefficient (Wildman–Crippen LogP) is 3.16. The van der Waals surface area contributed by atoms with E-state index in [9.17, 15) is 9.59 Å². The molecule has 1 N–H and O–H groups in total. The summed E-state index contributed by atoms with van der Waals surface area (Å²) in [4.78, 5) is 26.7. The topological polar surface area (TPSA) is 76.5 Å². The number of hydrogen-bond donors (Lipinski definition) is 1. The SMILES string of the molecule is CC(C)c1ccccc1OCC(=O)c1nc(CC(=O)O)cs1. The van der Waals surface area contributed by atoms with Crippen molar-refractivity contribution in [3.8, 4) is 5.75 Å². The number of aromatic nitrogens is 1. The average molecular weight is 319 g/mol. The van der Waals surface area contributed by atoms with E-state index in [1.54, 1.807) is 5.38 Å². The van der Waals surface area contributed by atoms with E-state index in [2.05, 4.69) is 18.8 Å². The Kier molecular flexibility index (Phi) is 5.27. The second-order valence-corrected chi connectivity index (χ2v) is 5.98. The van der Waals surface area contributed by atoms with Crippen molar-refractivity contribution in [1.29, 1.82) is 0 Å². The van der Waals surface area contributed by atoms with Gasteiger partial charge in [-0.3, -0.25) is 9.59 Å². The Balaban J connectivity index is 2.01. The molecule has 0 spiro atoms. The van der Waals surface area contributed by atoms with Crippen molar-refractivity contribution in [3.63, 3.8) is 0 Å². The standard InChI is InChI=1S/C16H17NO4S/c1-10(2)12-5-3-4-6-14(12)21-8-13(18)16-17-11(9-22-16)7-15(19)20/h3-6,9-10H,7-8H2,1-2H3,(H,19,20). The summed E-state index contributed by atoms with van der Waals surface area (Å²) in [6.07, 6.45) is -0.180. The summed E-state index contributed by atoms with van der Waals surface area (Å²) >= 11 is 1.14. The van der Waals surface area contributed by atoms with Gasteiger partial charge in [0, 0.05) is 5.38 Å². The third-order valence-corrected chi connectivity index (χ3v) is 3.95. The second-order valence-electron chi connectivity index (χ2n) is 5.12. The Morgan fingerprint density at radius 2 is 2.05 bits per heavy atom. The number of carbonyl (C=O) groups is 2. The molecule has 22 heavy (non-hydrogen) atoms. The Morgan fingerprint density at radius 3 is 2.73 bits per heavy atom. The minimum Gasteiger partial charge on any atom is -0.485 e. The molecule has 116 valence electrons. The lowest BCUT2D eigenvalue weighted by Gasteiger charge is -2.12. The van der Waals surface area contributed by atoms with Gasteiger partial charge in [-0.25, -0.2) is 4.98 Å². The van der Waals surface area contributed by atoms with Crippen molar-refractivity contribution < 1.29 is 19.4 Å². The summed E-state index contributed by atoms with van der Waals surface area (Å²) in [5.74, 6) is -0.229. The van der Waals surface area contributed by atoms with Crippen molar-refractivity contribution in [3.05, 3.63) is 45.9 Å². The van der Waals surface area contributed by atoms with Gasteiger partial charge >= 0.3 is 5.97 Å². The van der Waals surface area contributed by atoms with E-state index in [-0.39, 0.29) is 23.8 Å². The molecule has 0 aliphatic heterocycles. The van der Waals surface area contributed by atoms with Gasteiger partial charge in [-0.2, -0.15) is 0 Å². The van der Waals surface area contributed by atoms with Crippen molar-refractivity contribution in [2.24, 2.45) is 0 Å². The number of carboxylic acids is 1. The molecule has 2 aromatic rings. The van der Waals surface area contributed by atoms with Crippen molar-refractivity contribution in [2.75, 3.05) is 6.61 Å². The van der Waals surface area contributed by atoms with Crippen LogP contribution in [0.25, 0.3) is 0 Å². The van der Waals surface area contributed by atoms with Crippen LogP contribution in [0, 0.1) is 0 Å². The lowest BCUT2D eigenvalue weighted by molar-refractivity contribution is -0.136. The number of aliphatic carboxylic acids is 1. The molecule has 0 aliphatic carbocycles. The molecule has 0 radical (unpaired) electrons. The van der Waals surface area contributed by atoms with Crippen LogP contribution in [0.3, 0.4) is 0 Å². The Hall–Kier alpha value is -2.21. The Morgan fingerprint density at radius 1 is 1.32 bits per heavy atom. The molecule has 1 aromatic carbocycles. The van der Waals surface area contributed by atoms with Gasteiger partial charge in [0.2, 0.25) is 5.78 Å². The molecule has 0 unspecified atom stereocenters. The summed E-state index contributed by atoms with van der Waals surface area (Å²) < 4.78 is 5.61. The minimum absolute atomic E-state index is 0.107. The molecular weight excluding hydrogens is 302 g/mol. The third kappa shape index (κ3) is 4.14. The van der Waals surface area contributed by atoms with Gasteiger partial charge in [-0.05, 0) is 17.5 Å². The summed E-state index contributed by atoms with van der Waals surface area (Å²) in [6, 6.07) is 7.60. The lowest BCUT2D eigenvalue weighted by Crippen LogP contribution is -2.13. The molecule has 0 atom stereocenters. The van der Waals surface area contributed by atoms with E-state index in [4.69, 9.17) is 9.84 Å². The monoisotopic (exact) mass is 319 g/mol. The Labute approximate surface area is 132 Å². The molecule has 0 bridgehead atoms. The zero-order chi connectivity index (χ0) is 16.1. The van der Waals surface area contributed by atoms with Crippen LogP contribution < -0.4 is 4.74 Å². The first kappa shape index (κ1) is 16.2. The van der Waals surface area contributed by atoms with Gasteiger partial charge < -0.3 is 9.84 Å². The van der Waals surface area contributed by atoms with Gasteiger partial charge in [0.15, 0.2) is 11.6 Å². The molecule has 2 rings (SSSR count). The molecule has 0 fully saturated rings. The highest BCUT2D eigenvalue weighted by molar-refractivity contribution is 7.11. The van der Waals surface area contributed by atoms with Gasteiger partial charge in [-0.1, -0.05) is 32.0 Å². The van der Waals surface area contributed by atoms with Crippen LogP contribution in [-0.4, -0.2) is 28.4 Å². The fourth-order valence-corrected chi connectivity index (χ4v) is 2.71. The predicted molar refractivity (Wildman–Crippen MR) is 83.8 cm³/mol. The fourth-order valence-electron chi connectivity index (χ4n) is 1.97. The van der Waals surface area contributed by atoms with Gasteiger partial charge in [-0.15, -0.1) is 11.3 Å². The number of Topliss-reactive ketones (excluding diaryl/α,β-unsaturated/α-hetero) is 1. The van der Waals surface area contributed by atoms with Crippen LogP contribution >= 0.6 is 11.3 Å². The normalized spacial score (nSPS) is 10.7. The quantitative estimate of drug-likeness (QED) is 0.793. The summed E-state index contributed by atoms with van der Waals surface area (Å²) in [6.45, 7) is 4.01. The molecule has 6 heteroatoms. The van der Waals surface area contributed by atoms with Gasteiger partial charge in [0.25, 0.3) is 0 Å². The lowest BCUT2D eigenvalue weighted by atomic mass is 10.0. The number of ether oxygens (including phenoxy) is 1. The number of carbonyl (C=O) groups excluding carboxylic acids is 1. The van der Waals surface area contributed by atoms with Gasteiger partial charge in [0.1, 0.15) is 5.75 Å². The van der Waals surface area contributed by atoms with E-state index < -0.39 is 5.97 Å². The van der Waals surface area contributed by atoms with Gasteiger partial charge in [0.05, 0.1) is 12.1 Å². The van der Waals surface area contributed by atoms with Crippen molar-refractivity contribution in [1.82, 2.24) is 4.98 Å². The third-order valence-electron chi connectivity index (χ3n) is 3.02.